The Balaban J connectivity index is 4.11. The average Bonchev–Trinajstić information content (AvgIpc) is 2.37. The minimum Gasteiger partial charge on any atom is -0.370 e. The highest BCUT2D eigenvalue weighted by Gasteiger charge is 2.21. The Morgan fingerprint density at radius 3 is 2.15 bits per heavy atom. The minimum absolute atomic E-state index is 0.111. The number of ketones is 1. The zero-order valence-electron chi connectivity index (χ0n) is 12.7. The van der Waals surface area contributed by atoms with E-state index in [0.29, 0.717) is 19.3 Å². The summed E-state index contributed by atoms with van der Waals surface area (Å²) in [7, 11) is 0. The SMILES string of the molecule is CCCCCCCC(=O)N[C@H](CC(N)=O)C(=O)CCC. The maximum absolute atomic E-state index is 11.8. The number of carbonyl (C=O) groups is 3. The maximum atomic E-state index is 11.8. The van der Waals surface area contributed by atoms with Gasteiger partial charge in [-0.15, -0.1) is 0 Å². The second-order valence-electron chi connectivity index (χ2n) is 5.17. The van der Waals surface area contributed by atoms with Gasteiger partial charge in [0.2, 0.25) is 11.8 Å². The summed E-state index contributed by atoms with van der Waals surface area (Å²) in [5, 5.41) is 2.63. The van der Waals surface area contributed by atoms with E-state index in [1.807, 2.05) is 6.92 Å². The fourth-order valence-corrected chi connectivity index (χ4v) is 2.02. The number of primary amides is 1. The van der Waals surface area contributed by atoms with Gasteiger partial charge in [0.1, 0.15) is 0 Å². The summed E-state index contributed by atoms with van der Waals surface area (Å²) < 4.78 is 0. The van der Waals surface area contributed by atoms with E-state index in [4.69, 9.17) is 5.73 Å². The number of hydrogen-bond acceptors (Lipinski definition) is 3. The van der Waals surface area contributed by atoms with Gasteiger partial charge in [-0.3, -0.25) is 14.4 Å². The number of Topliss-reactive ketones (excluding diaryl/α,β-unsaturated/α-hetero) is 1. The van der Waals surface area contributed by atoms with Crippen LogP contribution in [0.15, 0.2) is 0 Å². The first-order chi connectivity index (χ1) is 9.51. The highest BCUT2D eigenvalue weighted by atomic mass is 16.2. The fourth-order valence-electron chi connectivity index (χ4n) is 2.02. The van der Waals surface area contributed by atoms with Crippen molar-refractivity contribution in [3.63, 3.8) is 0 Å². The molecular weight excluding hydrogens is 256 g/mol. The van der Waals surface area contributed by atoms with Crippen LogP contribution in [0, 0.1) is 0 Å². The van der Waals surface area contributed by atoms with Crippen molar-refractivity contribution in [1.82, 2.24) is 5.32 Å². The summed E-state index contributed by atoms with van der Waals surface area (Å²) in [6, 6.07) is -0.754. The van der Waals surface area contributed by atoms with Crippen molar-refractivity contribution < 1.29 is 14.4 Å². The Bertz CT molecular complexity index is 316. The topological polar surface area (TPSA) is 89.3 Å². The van der Waals surface area contributed by atoms with Crippen molar-refractivity contribution in [3.8, 4) is 0 Å². The molecule has 0 heterocycles. The van der Waals surface area contributed by atoms with E-state index in [1.165, 1.54) is 12.8 Å². The minimum atomic E-state index is -0.754. The number of unbranched alkanes of at least 4 members (excludes halogenated alkanes) is 4. The van der Waals surface area contributed by atoms with Gasteiger partial charge in [0.25, 0.3) is 0 Å². The van der Waals surface area contributed by atoms with Crippen molar-refractivity contribution >= 4 is 17.6 Å². The molecule has 0 radical (unpaired) electrons. The van der Waals surface area contributed by atoms with Gasteiger partial charge >= 0.3 is 0 Å². The van der Waals surface area contributed by atoms with Crippen LogP contribution in [0.5, 0.6) is 0 Å². The van der Waals surface area contributed by atoms with E-state index in [9.17, 15) is 14.4 Å². The molecule has 5 nitrogen and oxygen atoms in total. The normalized spacial score (nSPS) is 11.9. The van der Waals surface area contributed by atoms with Gasteiger partial charge in [0, 0.05) is 12.8 Å². The smallest absolute Gasteiger partial charge is 0.220 e. The summed E-state index contributed by atoms with van der Waals surface area (Å²) in [4.78, 5) is 34.5. The van der Waals surface area contributed by atoms with Crippen LogP contribution in [0.1, 0.15) is 71.6 Å². The molecule has 0 aromatic heterocycles. The van der Waals surface area contributed by atoms with Gasteiger partial charge in [-0.05, 0) is 12.8 Å². The third-order valence-corrected chi connectivity index (χ3v) is 3.13. The summed E-state index contributed by atoms with van der Waals surface area (Å²) in [6.07, 6.45) is 6.65. The lowest BCUT2D eigenvalue weighted by Crippen LogP contribution is -2.43. The molecule has 20 heavy (non-hydrogen) atoms. The monoisotopic (exact) mass is 284 g/mol. The van der Waals surface area contributed by atoms with Gasteiger partial charge in [0.15, 0.2) is 5.78 Å². The maximum Gasteiger partial charge on any atom is 0.220 e. The molecule has 116 valence electrons. The number of rotatable bonds is 12. The molecule has 0 unspecified atom stereocenters. The number of hydrogen-bond donors (Lipinski definition) is 2. The molecule has 0 spiro atoms. The van der Waals surface area contributed by atoms with Crippen molar-refractivity contribution in [2.45, 2.75) is 77.7 Å². The molecule has 0 bridgehead atoms. The van der Waals surface area contributed by atoms with Crippen molar-refractivity contribution in [1.29, 1.82) is 0 Å². The van der Waals surface area contributed by atoms with E-state index < -0.39 is 11.9 Å². The summed E-state index contributed by atoms with van der Waals surface area (Å²) in [5.41, 5.74) is 5.12. The van der Waals surface area contributed by atoms with Crippen molar-refractivity contribution in [2.75, 3.05) is 0 Å². The molecule has 0 saturated heterocycles. The second-order valence-corrected chi connectivity index (χ2v) is 5.17. The summed E-state index contributed by atoms with van der Waals surface area (Å²) in [5.74, 6) is -0.856. The molecule has 0 aliphatic rings. The largest absolute Gasteiger partial charge is 0.370 e. The Hall–Kier alpha value is -1.39. The molecule has 1 atom stereocenters. The summed E-state index contributed by atoms with van der Waals surface area (Å²) in [6.45, 7) is 4.02. The van der Waals surface area contributed by atoms with E-state index in [2.05, 4.69) is 12.2 Å². The van der Waals surface area contributed by atoms with Gasteiger partial charge in [-0.25, -0.2) is 0 Å². The zero-order chi connectivity index (χ0) is 15.4. The first-order valence-corrected chi connectivity index (χ1v) is 7.61. The third kappa shape index (κ3) is 9.53. The molecule has 2 amide bonds. The predicted molar refractivity (Wildman–Crippen MR) is 79.0 cm³/mol. The number of nitrogens with one attached hydrogen (secondary N) is 1. The molecule has 0 aromatic carbocycles. The van der Waals surface area contributed by atoms with Crippen LogP contribution < -0.4 is 11.1 Å². The van der Waals surface area contributed by atoms with E-state index >= 15 is 0 Å². The van der Waals surface area contributed by atoms with Crippen LogP contribution in [0.2, 0.25) is 0 Å². The van der Waals surface area contributed by atoms with Gasteiger partial charge < -0.3 is 11.1 Å². The van der Waals surface area contributed by atoms with Crippen LogP contribution in [0.4, 0.5) is 0 Å². The van der Waals surface area contributed by atoms with E-state index in [1.54, 1.807) is 0 Å². The van der Waals surface area contributed by atoms with Crippen LogP contribution in [0.3, 0.4) is 0 Å². The van der Waals surface area contributed by atoms with Crippen LogP contribution in [0.25, 0.3) is 0 Å². The van der Waals surface area contributed by atoms with E-state index in [-0.39, 0.29) is 18.1 Å². The first kappa shape index (κ1) is 18.6. The third-order valence-electron chi connectivity index (χ3n) is 3.13. The molecule has 0 saturated carbocycles. The highest BCUT2D eigenvalue weighted by molar-refractivity contribution is 5.92. The van der Waals surface area contributed by atoms with E-state index in [0.717, 1.165) is 19.3 Å². The van der Waals surface area contributed by atoms with Gasteiger partial charge in [-0.1, -0.05) is 39.5 Å². The lowest BCUT2D eigenvalue weighted by atomic mass is 10.0. The lowest BCUT2D eigenvalue weighted by molar-refractivity contribution is -0.130. The fraction of sp³-hybridized carbons (Fsp3) is 0.800. The second kappa shape index (κ2) is 11.4. The molecule has 5 heteroatoms. The quantitative estimate of drug-likeness (QED) is 0.538. The predicted octanol–water partition coefficient (Wildman–Crippen LogP) is 2.08. The summed E-state index contributed by atoms with van der Waals surface area (Å²) >= 11 is 0. The Morgan fingerprint density at radius 2 is 1.60 bits per heavy atom. The molecule has 0 aliphatic carbocycles. The number of carbonyl (C=O) groups excluding carboxylic acids is 3. The average molecular weight is 284 g/mol. The first-order valence-electron chi connectivity index (χ1n) is 7.61. The molecule has 0 aliphatic heterocycles. The molecule has 0 rings (SSSR count). The Labute approximate surface area is 121 Å². The number of nitrogens with two attached hydrogens (primary N) is 1. The Morgan fingerprint density at radius 1 is 0.950 bits per heavy atom. The zero-order valence-corrected chi connectivity index (χ0v) is 12.7. The van der Waals surface area contributed by atoms with Crippen molar-refractivity contribution in [3.05, 3.63) is 0 Å². The standard InChI is InChI=1S/C15H28N2O3/c1-3-5-6-7-8-10-15(20)17-12(11-14(16)19)13(18)9-4-2/h12H,3-11H2,1-2H3,(H2,16,19)(H,17,20)/t12-/m1/s1. The number of amides is 2. The lowest BCUT2D eigenvalue weighted by Gasteiger charge is -2.16. The molecule has 3 N–H and O–H groups in total. The molecule has 0 aromatic rings. The van der Waals surface area contributed by atoms with Crippen LogP contribution in [-0.2, 0) is 14.4 Å². The molecular formula is C15H28N2O3. The van der Waals surface area contributed by atoms with Crippen LogP contribution in [-0.4, -0.2) is 23.6 Å². The van der Waals surface area contributed by atoms with Crippen molar-refractivity contribution in [2.24, 2.45) is 5.73 Å². The molecule has 0 fully saturated rings. The van der Waals surface area contributed by atoms with Crippen LogP contribution >= 0.6 is 0 Å². The van der Waals surface area contributed by atoms with Gasteiger partial charge in [0.05, 0.1) is 12.5 Å². The Kier molecular flexibility index (Phi) is 10.6. The highest BCUT2D eigenvalue weighted by Crippen LogP contribution is 2.06. The van der Waals surface area contributed by atoms with Gasteiger partial charge in [-0.2, -0.15) is 0 Å².